The van der Waals surface area contributed by atoms with Crippen molar-refractivity contribution in [1.29, 1.82) is 0 Å². The van der Waals surface area contributed by atoms with Crippen LogP contribution in [0, 0.1) is 0 Å². The number of aromatic nitrogens is 1. The van der Waals surface area contributed by atoms with Gasteiger partial charge in [-0.25, -0.2) is 4.98 Å². The molecule has 0 aliphatic carbocycles. The molecule has 30 heavy (non-hydrogen) atoms. The Morgan fingerprint density at radius 2 is 1.97 bits per heavy atom. The van der Waals surface area contributed by atoms with Crippen molar-refractivity contribution >= 4 is 27.5 Å². The smallest absolute Gasteiger partial charge is 0.222 e. The van der Waals surface area contributed by atoms with E-state index >= 15 is 0 Å². The maximum atomic E-state index is 12.6. The van der Waals surface area contributed by atoms with Gasteiger partial charge in [0.15, 0.2) is 0 Å². The highest BCUT2D eigenvalue weighted by Gasteiger charge is 2.21. The summed E-state index contributed by atoms with van der Waals surface area (Å²) in [6.07, 6.45) is 3.38. The van der Waals surface area contributed by atoms with Gasteiger partial charge < -0.3 is 9.64 Å². The van der Waals surface area contributed by atoms with Crippen LogP contribution in [0.25, 0.3) is 10.2 Å². The second-order valence-electron chi connectivity index (χ2n) is 8.13. The van der Waals surface area contributed by atoms with E-state index in [-0.39, 0.29) is 5.91 Å². The van der Waals surface area contributed by atoms with Crippen LogP contribution in [0.1, 0.15) is 29.0 Å². The average Bonchev–Trinajstić information content (AvgIpc) is 3.40. The summed E-state index contributed by atoms with van der Waals surface area (Å²) in [5, 5.41) is 1.13. The summed E-state index contributed by atoms with van der Waals surface area (Å²) in [7, 11) is 0. The van der Waals surface area contributed by atoms with E-state index in [1.54, 1.807) is 11.3 Å². The number of aryl methyl sites for hydroxylation is 1. The number of para-hydroxylation sites is 1. The highest BCUT2D eigenvalue weighted by Crippen LogP contribution is 2.26. The first-order chi connectivity index (χ1) is 14.7. The normalized spacial score (nSPS) is 16.6. The molecule has 0 atom stereocenters. The second kappa shape index (κ2) is 8.74. The minimum absolute atomic E-state index is 0.283. The Bertz CT molecular complexity index is 1010. The zero-order valence-electron chi connectivity index (χ0n) is 17.2. The number of carbonyl (C=O) groups excluding carboxylic acids is 1. The summed E-state index contributed by atoms with van der Waals surface area (Å²) >= 11 is 1.74. The van der Waals surface area contributed by atoms with Crippen LogP contribution in [-0.2, 0) is 24.2 Å². The molecule has 0 N–H and O–H groups in total. The molecule has 2 aromatic carbocycles. The minimum atomic E-state index is 0.283. The van der Waals surface area contributed by atoms with Crippen LogP contribution in [0.5, 0.6) is 5.75 Å². The zero-order chi connectivity index (χ0) is 20.3. The number of fused-ring (bicyclic) bond motifs is 2. The van der Waals surface area contributed by atoms with Gasteiger partial charge in [-0.2, -0.15) is 0 Å². The molecule has 0 radical (unpaired) electrons. The van der Waals surface area contributed by atoms with Gasteiger partial charge in [0, 0.05) is 45.6 Å². The van der Waals surface area contributed by atoms with Gasteiger partial charge >= 0.3 is 0 Å². The van der Waals surface area contributed by atoms with Gasteiger partial charge in [0.2, 0.25) is 5.91 Å². The third kappa shape index (κ3) is 4.35. The van der Waals surface area contributed by atoms with Crippen LogP contribution in [0.4, 0.5) is 0 Å². The second-order valence-corrected chi connectivity index (χ2v) is 9.24. The molecule has 5 nitrogen and oxygen atoms in total. The summed E-state index contributed by atoms with van der Waals surface area (Å²) in [5.41, 5.74) is 3.74. The lowest BCUT2D eigenvalue weighted by Crippen LogP contribution is -2.48. The Kier molecular flexibility index (Phi) is 5.69. The molecular formula is C24H27N3O2S. The molecule has 0 bridgehead atoms. The molecule has 2 aliphatic heterocycles. The third-order valence-corrected chi connectivity index (χ3v) is 7.10. The van der Waals surface area contributed by atoms with Crippen molar-refractivity contribution in [3.05, 3.63) is 58.6 Å². The molecule has 0 saturated carbocycles. The van der Waals surface area contributed by atoms with Crippen molar-refractivity contribution < 1.29 is 9.53 Å². The van der Waals surface area contributed by atoms with Crippen LogP contribution >= 0.6 is 11.3 Å². The summed E-state index contributed by atoms with van der Waals surface area (Å²) in [4.78, 5) is 21.8. The molecule has 2 aliphatic rings. The molecule has 156 valence electrons. The monoisotopic (exact) mass is 421 g/mol. The van der Waals surface area contributed by atoms with Gasteiger partial charge in [-0.1, -0.05) is 24.3 Å². The van der Waals surface area contributed by atoms with Crippen molar-refractivity contribution in [2.45, 2.75) is 32.2 Å². The van der Waals surface area contributed by atoms with E-state index in [9.17, 15) is 4.79 Å². The molecule has 3 aromatic rings. The molecule has 0 unspecified atom stereocenters. The van der Waals surface area contributed by atoms with Crippen LogP contribution in [0.2, 0.25) is 0 Å². The van der Waals surface area contributed by atoms with Crippen molar-refractivity contribution in [2.24, 2.45) is 0 Å². The van der Waals surface area contributed by atoms with Crippen molar-refractivity contribution in [3.63, 3.8) is 0 Å². The predicted octanol–water partition coefficient (Wildman–Crippen LogP) is 3.90. The first kappa shape index (κ1) is 19.5. The fourth-order valence-corrected chi connectivity index (χ4v) is 5.34. The fourth-order valence-electron chi connectivity index (χ4n) is 4.33. The molecule has 1 fully saturated rings. The zero-order valence-corrected chi connectivity index (χ0v) is 18.0. The number of rotatable bonds is 6. The Morgan fingerprint density at radius 1 is 1.10 bits per heavy atom. The lowest BCUT2D eigenvalue weighted by Gasteiger charge is -2.35. The largest absolute Gasteiger partial charge is 0.493 e. The number of nitrogens with zero attached hydrogens (tertiary/aromatic N) is 3. The number of piperazine rings is 1. The van der Waals surface area contributed by atoms with Gasteiger partial charge in [-0.3, -0.25) is 9.69 Å². The maximum Gasteiger partial charge on any atom is 0.222 e. The lowest BCUT2D eigenvalue weighted by molar-refractivity contribution is -0.133. The number of hydrogen-bond donors (Lipinski definition) is 0. The number of amides is 1. The summed E-state index contributed by atoms with van der Waals surface area (Å²) < 4.78 is 6.83. The molecular weight excluding hydrogens is 394 g/mol. The number of ether oxygens (including phenoxy) is 1. The summed E-state index contributed by atoms with van der Waals surface area (Å²) in [5.74, 6) is 1.32. The molecule has 6 heteroatoms. The van der Waals surface area contributed by atoms with Crippen molar-refractivity contribution in [2.75, 3.05) is 32.8 Å². The first-order valence-corrected chi connectivity index (χ1v) is 11.7. The third-order valence-electron chi connectivity index (χ3n) is 6.00. The first-order valence-electron chi connectivity index (χ1n) is 10.8. The number of carbonyl (C=O) groups is 1. The van der Waals surface area contributed by atoms with E-state index in [1.807, 2.05) is 17.0 Å². The van der Waals surface area contributed by atoms with E-state index in [0.29, 0.717) is 6.42 Å². The Balaban J connectivity index is 1.06. The number of thiazole rings is 1. The topological polar surface area (TPSA) is 45.7 Å². The lowest BCUT2D eigenvalue weighted by atomic mass is 10.1. The predicted molar refractivity (Wildman–Crippen MR) is 120 cm³/mol. The maximum absolute atomic E-state index is 12.6. The van der Waals surface area contributed by atoms with Gasteiger partial charge in [0.1, 0.15) is 5.75 Å². The average molecular weight is 422 g/mol. The van der Waals surface area contributed by atoms with E-state index < -0.39 is 0 Å². The van der Waals surface area contributed by atoms with Crippen LogP contribution in [-0.4, -0.2) is 53.5 Å². The van der Waals surface area contributed by atoms with Gasteiger partial charge in [-0.05, 0) is 42.2 Å². The van der Waals surface area contributed by atoms with Crippen LogP contribution < -0.4 is 4.74 Å². The molecule has 0 spiro atoms. The number of hydrogen-bond acceptors (Lipinski definition) is 5. The highest BCUT2D eigenvalue weighted by molar-refractivity contribution is 7.18. The van der Waals surface area contributed by atoms with E-state index in [2.05, 4.69) is 40.2 Å². The Labute approximate surface area is 181 Å². The molecule has 5 rings (SSSR count). The van der Waals surface area contributed by atoms with Gasteiger partial charge in [0.05, 0.1) is 21.8 Å². The van der Waals surface area contributed by atoms with Crippen molar-refractivity contribution in [3.8, 4) is 5.75 Å². The van der Waals surface area contributed by atoms with E-state index in [1.165, 1.54) is 15.8 Å². The van der Waals surface area contributed by atoms with Gasteiger partial charge in [0.25, 0.3) is 0 Å². The molecule has 1 amide bonds. The summed E-state index contributed by atoms with van der Waals surface area (Å²) in [6.45, 7) is 5.29. The van der Waals surface area contributed by atoms with Gasteiger partial charge in [-0.15, -0.1) is 11.3 Å². The fraction of sp³-hybridized carbons (Fsp3) is 0.417. The van der Waals surface area contributed by atoms with Crippen LogP contribution in [0.15, 0.2) is 42.5 Å². The quantitative estimate of drug-likeness (QED) is 0.606. The molecule has 1 saturated heterocycles. The van der Waals surface area contributed by atoms with Crippen molar-refractivity contribution in [1.82, 2.24) is 14.8 Å². The Morgan fingerprint density at radius 3 is 2.83 bits per heavy atom. The van der Waals surface area contributed by atoms with Crippen LogP contribution in [0.3, 0.4) is 0 Å². The Hall–Kier alpha value is -2.44. The minimum Gasteiger partial charge on any atom is -0.493 e. The number of benzene rings is 2. The highest BCUT2D eigenvalue weighted by atomic mass is 32.1. The molecule has 3 heterocycles. The van der Waals surface area contributed by atoms with E-state index in [0.717, 1.165) is 74.9 Å². The molecule has 1 aromatic heterocycles. The van der Waals surface area contributed by atoms with E-state index in [4.69, 9.17) is 4.74 Å². The standard InChI is InChI=1S/C24H27N3O2S/c28-24(7-3-6-23-25-20-4-1-2-5-22(20)30-23)27-13-11-26(12-14-27)17-18-8-9-21-19(16-18)10-15-29-21/h1-2,4-5,8-9,16H,3,6-7,10-15,17H2. The SMILES string of the molecule is O=C(CCCc1nc2ccccc2s1)N1CCN(Cc2ccc3c(c2)CCO3)CC1. The summed E-state index contributed by atoms with van der Waals surface area (Å²) in [6, 6.07) is 14.8.